The third-order valence-corrected chi connectivity index (χ3v) is 5.70. The molecule has 1 aromatic carbocycles. The van der Waals surface area contributed by atoms with Crippen molar-refractivity contribution >= 4 is 46.7 Å². The number of hydrogen-bond acceptors (Lipinski definition) is 3. The highest BCUT2D eigenvalue weighted by Gasteiger charge is 2.50. The number of hydrogen-bond donors (Lipinski definition) is 2. The first-order valence-electron chi connectivity index (χ1n) is 8.80. The predicted molar refractivity (Wildman–Crippen MR) is 100 cm³/mol. The summed E-state index contributed by atoms with van der Waals surface area (Å²) >= 11 is 11.8. The van der Waals surface area contributed by atoms with E-state index in [1.807, 2.05) is 0 Å². The number of rotatable bonds is 3. The van der Waals surface area contributed by atoms with Crippen molar-refractivity contribution in [1.29, 1.82) is 0 Å². The van der Waals surface area contributed by atoms with Gasteiger partial charge in [-0.15, -0.1) is 0 Å². The molecule has 1 saturated heterocycles. The highest BCUT2D eigenvalue weighted by molar-refractivity contribution is 6.42. The monoisotopic (exact) mass is 397 g/mol. The number of amides is 4. The van der Waals surface area contributed by atoms with Gasteiger partial charge in [-0.25, -0.2) is 4.79 Å². The highest BCUT2D eigenvalue weighted by Crippen LogP contribution is 2.32. The lowest BCUT2D eigenvalue weighted by molar-refractivity contribution is -0.134. The van der Waals surface area contributed by atoms with Gasteiger partial charge >= 0.3 is 6.03 Å². The Bertz CT molecular complexity index is 730. The minimum absolute atomic E-state index is 0.298. The van der Waals surface area contributed by atoms with Gasteiger partial charge in [0.15, 0.2) is 0 Å². The Morgan fingerprint density at radius 1 is 1.08 bits per heavy atom. The fourth-order valence-electron chi connectivity index (χ4n) is 3.59. The Balaban J connectivity index is 1.66. The van der Waals surface area contributed by atoms with Crippen LogP contribution in [-0.4, -0.2) is 34.8 Å². The summed E-state index contributed by atoms with van der Waals surface area (Å²) in [7, 11) is 0. The van der Waals surface area contributed by atoms with Crippen molar-refractivity contribution in [1.82, 2.24) is 10.2 Å². The summed E-state index contributed by atoms with van der Waals surface area (Å²) in [6.07, 6.45) is 6.33. The van der Waals surface area contributed by atoms with Crippen LogP contribution in [0.3, 0.4) is 0 Å². The second kappa shape index (κ2) is 7.84. The maximum Gasteiger partial charge on any atom is 0.325 e. The van der Waals surface area contributed by atoms with E-state index in [4.69, 9.17) is 23.2 Å². The van der Waals surface area contributed by atoms with Crippen molar-refractivity contribution in [3.8, 4) is 0 Å². The van der Waals surface area contributed by atoms with Crippen LogP contribution < -0.4 is 10.6 Å². The fraction of sp³-hybridized carbons (Fsp3) is 0.500. The Hall–Kier alpha value is -1.79. The molecule has 0 radical (unpaired) electrons. The van der Waals surface area contributed by atoms with Gasteiger partial charge in [0.25, 0.3) is 5.91 Å². The van der Waals surface area contributed by atoms with E-state index in [9.17, 15) is 14.4 Å². The van der Waals surface area contributed by atoms with Gasteiger partial charge in [-0.2, -0.15) is 0 Å². The Morgan fingerprint density at radius 2 is 1.73 bits per heavy atom. The summed E-state index contributed by atoms with van der Waals surface area (Å²) in [6, 6.07) is 4.19. The Kier molecular flexibility index (Phi) is 5.73. The van der Waals surface area contributed by atoms with E-state index in [2.05, 4.69) is 10.6 Å². The maximum atomic E-state index is 12.9. The molecule has 2 N–H and O–H groups in total. The summed E-state index contributed by atoms with van der Waals surface area (Å²) in [4.78, 5) is 38.5. The molecule has 0 aromatic heterocycles. The molecule has 1 saturated carbocycles. The highest BCUT2D eigenvalue weighted by atomic mass is 35.5. The van der Waals surface area contributed by atoms with Gasteiger partial charge in [0.2, 0.25) is 5.91 Å². The first-order valence-corrected chi connectivity index (χ1v) is 9.56. The quantitative estimate of drug-likeness (QED) is 0.757. The number of urea groups is 1. The standard InChI is InChI=1S/C18H21Cl2N3O3/c19-13-7-6-12(10-14(13)20)21-15(24)11-23-16(25)18(22-17(23)26)8-4-2-1-3-5-9-18/h6-7,10H,1-5,8-9,11H2,(H,21,24)(H,22,26). The van der Waals surface area contributed by atoms with E-state index in [-0.39, 0.29) is 12.5 Å². The van der Waals surface area contributed by atoms with Gasteiger partial charge in [0.1, 0.15) is 12.1 Å². The average molecular weight is 398 g/mol. The van der Waals surface area contributed by atoms with Crippen LogP contribution in [0.4, 0.5) is 10.5 Å². The molecule has 26 heavy (non-hydrogen) atoms. The fourth-order valence-corrected chi connectivity index (χ4v) is 3.88. The molecule has 1 aromatic rings. The van der Waals surface area contributed by atoms with Crippen LogP contribution in [0.5, 0.6) is 0 Å². The first kappa shape index (κ1) is 19.0. The van der Waals surface area contributed by atoms with Crippen molar-refractivity contribution in [2.24, 2.45) is 0 Å². The molecule has 1 aliphatic heterocycles. The molecule has 3 rings (SSSR count). The number of nitrogens with zero attached hydrogens (tertiary/aromatic N) is 1. The molecular formula is C18H21Cl2N3O3. The second-order valence-electron chi connectivity index (χ2n) is 6.85. The molecule has 140 valence electrons. The van der Waals surface area contributed by atoms with Gasteiger partial charge in [-0.05, 0) is 31.0 Å². The van der Waals surface area contributed by atoms with Crippen molar-refractivity contribution in [2.75, 3.05) is 11.9 Å². The zero-order valence-corrected chi connectivity index (χ0v) is 15.8. The zero-order chi connectivity index (χ0) is 18.7. The van der Waals surface area contributed by atoms with Crippen LogP contribution in [0.1, 0.15) is 44.9 Å². The molecule has 1 aliphatic carbocycles. The summed E-state index contributed by atoms with van der Waals surface area (Å²) in [5, 5.41) is 6.17. The summed E-state index contributed by atoms with van der Waals surface area (Å²) in [5.74, 6) is -0.761. The minimum atomic E-state index is -0.846. The van der Waals surface area contributed by atoms with E-state index in [0.29, 0.717) is 28.6 Å². The molecule has 0 unspecified atom stereocenters. The summed E-state index contributed by atoms with van der Waals surface area (Å²) < 4.78 is 0. The van der Waals surface area contributed by atoms with E-state index >= 15 is 0 Å². The van der Waals surface area contributed by atoms with Gasteiger partial charge in [0.05, 0.1) is 10.0 Å². The predicted octanol–water partition coefficient (Wildman–Crippen LogP) is 3.97. The lowest BCUT2D eigenvalue weighted by atomic mass is 9.84. The van der Waals surface area contributed by atoms with E-state index < -0.39 is 17.5 Å². The van der Waals surface area contributed by atoms with Gasteiger partial charge in [0, 0.05) is 5.69 Å². The molecule has 8 heteroatoms. The molecule has 2 fully saturated rings. The van der Waals surface area contributed by atoms with Crippen molar-refractivity contribution in [2.45, 2.75) is 50.5 Å². The number of anilines is 1. The van der Waals surface area contributed by atoms with Crippen molar-refractivity contribution in [3.05, 3.63) is 28.2 Å². The largest absolute Gasteiger partial charge is 0.325 e. The van der Waals surface area contributed by atoms with Crippen molar-refractivity contribution in [3.63, 3.8) is 0 Å². The van der Waals surface area contributed by atoms with Crippen LogP contribution in [-0.2, 0) is 9.59 Å². The topological polar surface area (TPSA) is 78.5 Å². The number of halogens is 2. The molecule has 2 aliphatic rings. The lowest BCUT2D eigenvalue weighted by Gasteiger charge is -2.28. The molecular weight excluding hydrogens is 377 g/mol. The third kappa shape index (κ3) is 3.96. The molecule has 4 amide bonds. The van der Waals surface area contributed by atoms with Gasteiger partial charge in [-0.3, -0.25) is 14.5 Å². The zero-order valence-electron chi connectivity index (χ0n) is 14.3. The molecule has 6 nitrogen and oxygen atoms in total. The lowest BCUT2D eigenvalue weighted by Crippen LogP contribution is -2.47. The summed E-state index contributed by atoms with van der Waals surface area (Å²) in [5.41, 5.74) is -0.390. The normalized spacial score (nSPS) is 19.8. The number of benzene rings is 1. The molecule has 0 bridgehead atoms. The Morgan fingerprint density at radius 3 is 2.38 bits per heavy atom. The Labute approximate surface area is 162 Å². The van der Waals surface area contributed by atoms with Crippen LogP contribution in [0.2, 0.25) is 10.0 Å². The first-order chi connectivity index (χ1) is 12.4. The smallest absolute Gasteiger partial charge is 0.324 e. The number of carbonyl (C=O) groups is 3. The number of carbonyl (C=O) groups excluding carboxylic acids is 3. The molecule has 0 atom stereocenters. The third-order valence-electron chi connectivity index (χ3n) is 4.96. The number of nitrogens with one attached hydrogen (secondary N) is 2. The second-order valence-corrected chi connectivity index (χ2v) is 7.66. The van der Waals surface area contributed by atoms with Gasteiger partial charge in [-0.1, -0.05) is 55.3 Å². The average Bonchev–Trinajstić information content (AvgIpc) is 2.80. The summed E-state index contributed by atoms with van der Waals surface area (Å²) in [6.45, 7) is -0.327. The van der Waals surface area contributed by atoms with Crippen LogP contribution in [0.15, 0.2) is 18.2 Å². The van der Waals surface area contributed by atoms with Gasteiger partial charge < -0.3 is 10.6 Å². The van der Waals surface area contributed by atoms with Crippen LogP contribution in [0, 0.1) is 0 Å². The van der Waals surface area contributed by atoms with E-state index in [0.717, 1.165) is 37.0 Å². The number of imide groups is 1. The molecule has 1 heterocycles. The van der Waals surface area contributed by atoms with Crippen LogP contribution in [0.25, 0.3) is 0 Å². The van der Waals surface area contributed by atoms with E-state index in [1.54, 1.807) is 12.1 Å². The SMILES string of the molecule is O=C(CN1C(=O)NC2(CCCCCCC2)C1=O)Nc1ccc(Cl)c(Cl)c1. The maximum absolute atomic E-state index is 12.9. The molecule has 1 spiro atoms. The minimum Gasteiger partial charge on any atom is -0.324 e. The van der Waals surface area contributed by atoms with Crippen LogP contribution >= 0.6 is 23.2 Å². The van der Waals surface area contributed by atoms with Crippen molar-refractivity contribution < 1.29 is 14.4 Å². The van der Waals surface area contributed by atoms with E-state index in [1.165, 1.54) is 6.07 Å².